The lowest BCUT2D eigenvalue weighted by Crippen LogP contribution is -2.78. The van der Waals surface area contributed by atoms with Crippen LogP contribution < -0.4 is 0 Å². The first-order valence-electron chi connectivity index (χ1n) is 13.0. The lowest BCUT2D eigenvalue weighted by atomic mass is 9.42. The molecule has 4 N–H and O–H groups in total. The number of hydrogen-bond acceptors (Lipinski definition) is 7. The predicted molar refractivity (Wildman–Crippen MR) is 130 cm³/mol. The molecule has 8 atom stereocenters. The van der Waals surface area contributed by atoms with Crippen LogP contribution in [0.25, 0.3) is 0 Å². The van der Waals surface area contributed by atoms with Gasteiger partial charge in [0.2, 0.25) is 0 Å². The molecule has 0 aromatic carbocycles. The highest BCUT2D eigenvalue weighted by atomic mass is 16.5. The van der Waals surface area contributed by atoms with Gasteiger partial charge in [0, 0.05) is 12.0 Å². The van der Waals surface area contributed by atoms with Crippen LogP contribution in [0.15, 0.2) is 23.3 Å². The van der Waals surface area contributed by atoms with E-state index < -0.39 is 57.5 Å². The van der Waals surface area contributed by atoms with Crippen LogP contribution in [-0.4, -0.2) is 61.2 Å². The van der Waals surface area contributed by atoms with Crippen molar-refractivity contribution in [2.75, 3.05) is 0 Å². The third kappa shape index (κ3) is 3.38. The van der Waals surface area contributed by atoms with Gasteiger partial charge >= 0.3 is 5.97 Å². The molecule has 4 aliphatic carbocycles. The molecular weight excluding hydrogens is 448 g/mol. The van der Waals surface area contributed by atoms with Crippen molar-refractivity contribution in [1.29, 1.82) is 0 Å². The highest BCUT2D eigenvalue weighted by Crippen LogP contribution is 2.70. The number of Topliss-reactive ketones (excluding diaryl/α,β-unsaturated/α-hetero) is 1. The number of carbonyl (C=O) groups is 2. The molecule has 196 valence electrons. The second kappa shape index (κ2) is 8.23. The second-order valence-electron chi connectivity index (χ2n) is 12.4. The van der Waals surface area contributed by atoms with E-state index in [2.05, 4.69) is 6.92 Å². The minimum Gasteiger partial charge on any atom is -0.458 e. The smallest absolute Gasteiger partial charge is 0.330 e. The molecule has 0 aromatic rings. The number of esters is 1. The van der Waals surface area contributed by atoms with Gasteiger partial charge in [-0.1, -0.05) is 38.0 Å². The van der Waals surface area contributed by atoms with Crippen molar-refractivity contribution >= 4 is 11.8 Å². The van der Waals surface area contributed by atoms with Crippen molar-refractivity contribution in [2.45, 2.75) is 115 Å². The Morgan fingerprint density at radius 1 is 1.11 bits per heavy atom. The Morgan fingerprint density at radius 3 is 2.37 bits per heavy atom. The number of allylic oxidation sites excluding steroid dienone is 1. The molecule has 0 spiro atoms. The molecule has 0 radical (unpaired) electrons. The molecule has 3 fully saturated rings. The Balaban J connectivity index is 1.85. The molecule has 0 amide bonds. The number of carbonyl (C=O) groups excluding carboxylic acids is 2. The average Bonchev–Trinajstić information content (AvgIpc) is 3.00. The van der Waals surface area contributed by atoms with E-state index in [-0.39, 0.29) is 31.6 Å². The van der Waals surface area contributed by atoms with Crippen LogP contribution in [0.1, 0.15) is 86.5 Å². The van der Waals surface area contributed by atoms with E-state index in [1.165, 1.54) is 13.0 Å². The predicted octanol–water partition coefficient (Wildman–Crippen LogP) is 2.98. The highest BCUT2D eigenvalue weighted by Gasteiger charge is 2.81. The van der Waals surface area contributed by atoms with Crippen molar-refractivity contribution in [3.63, 3.8) is 0 Å². The van der Waals surface area contributed by atoms with Crippen LogP contribution >= 0.6 is 0 Å². The fourth-order valence-electron chi connectivity index (χ4n) is 7.90. The summed E-state index contributed by atoms with van der Waals surface area (Å²) in [5.74, 6) is -1.41. The zero-order chi connectivity index (χ0) is 26.2. The van der Waals surface area contributed by atoms with E-state index in [0.29, 0.717) is 19.3 Å². The SMILES string of the molecule is CC(=O)C1(O)CCC2(O)C3(O)CC=C4CC(O)CCC4(C)C3CC(OC(=O)/C=C(\C)C(C)C)C12C. The van der Waals surface area contributed by atoms with E-state index in [1.54, 1.807) is 6.92 Å². The average molecular weight is 491 g/mol. The summed E-state index contributed by atoms with van der Waals surface area (Å²) < 4.78 is 6.01. The van der Waals surface area contributed by atoms with Crippen molar-refractivity contribution in [3.8, 4) is 0 Å². The summed E-state index contributed by atoms with van der Waals surface area (Å²) in [6.45, 7) is 10.7. The molecule has 0 aliphatic heterocycles. The fraction of sp³-hybridized carbons (Fsp3) is 0.786. The number of fused-ring (bicyclic) bond motifs is 5. The van der Waals surface area contributed by atoms with Crippen molar-refractivity contribution < 1.29 is 34.8 Å². The van der Waals surface area contributed by atoms with E-state index >= 15 is 0 Å². The van der Waals surface area contributed by atoms with Gasteiger partial charge in [0.25, 0.3) is 0 Å². The van der Waals surface area contributed by atoms with Gasteiger partial charge in [0.1, 0.15) is 22.9 Å². The molecule has 8 unspecified atom stereocenters. The largest absolute Gasteiger partial charge is 0.458 e. The van der Waals surface area contributed by atoms with E-state index in [0.717, 1.165) is 11.1 Å². The maximum absolute atomic E-state index is 13.0. The number of ether oxygens (including phenoxy) is 1. The summed E-state index contributed by atoms with van der Waals surface area (Å²) in [5, 5.41) is 46.7. The van der Waals surface area contributed by atoms with Crippen LogP contribution in [0.2, 0.25) is 0 Å². The van der Waals surface area contributed by atoms with Gasteiger partial charge in [-0.3, -0.25) is 4.79 Å². The van der Waals surface area contributed by atoms with E-state index in [4.69, 9.17) is 4.74 Å². The molecule has 7 nitrogen and oxygen atoms in total. The molecule has 4 aliphatic rings. The quantitative estimate of drug-likeness (QED) is 0.271. The van der Waals surface area contributed by atoms with Crippen LogP contribution in [0.4, 0.5) is 0 Å². The molecular formula is C28H42O7. The maximum Gasteiger partial charge on any atom is 0.330 e. The summed E-state index contributed by atoms with van der Waals surface area (Å²) in [4.78, 5) is 25.9. The molecule has 0 bridgehead atoms. The third-order valence-corrected chi connectivity index (χ3v) is 10.7. The zero-order valence-electron chi connectivity index (χ0n) is 21.9. The number of aliphatic hydroxyl groups is 4. The Hall–Kier alpha value is -1.54. The Labute approximate surface area is 208 Å². The highest BCUT2D eigenvalue weighted by molar-refractivity contribution is 5.87. The van der Waals surface area contributed by atoms with Gasteiger partial charge in [0.15, 0.2) is 5.78 Å². The minimum absolute atomic E-state index is 0.0172. The lowest BCUT2D eigenvalue weighted by Gasteiger charge is -2.67. The van der Waals surface area contributed by atoms with Crippen LogP contribution in [0.3, 0.4) is 0 Å². The topological polar surface area (TPSA) is 124 Å². The van der Waals surface area contributed by atoms with Crippen molar-refractivity contribution in [3.05, 3.63) is 23.3 Å². The second-order valence-corrected chi connectivity index (χ2v) is 12.4. The van der Waals surface area contributed by atoms with E-state index in [9.17, 15) is 30.0 Å². The van der Waals surface area contributed by atoms with Crippen LogP contribution in [0.5, 0.6) is 0 Å². The maximum atomic E-state index is 13.0. The number of hydrogen-bond donors (Lipinski definition) is 4. The van der Waals surface area contributed by atoms with Crippen LogP contribution in [0, 0.1) is 22.7 Å². The first-order chi connectivity index (χ1) is 16.1. The first-order valence-corrected chi connectivity index (χ1v) is 13.0. The summed E-state index contributed by atoms with van der Waals surface area (Å²) in [5.41, 5.74) is -5.62. The molecule has 0 saturated heterocycles. The molecule has 35 heavy (non-hydrogen) atoms. The van der Waals surface area contributed by atoms with Crippen molar-refractivity contribution in [1.82, 2.24) is 0 Å². The Kier molecular flexibility index (Phi) is 6.24. The van der Waals surface area contributed by atoms with Crippen molar-refractivity contribution in [2.24, 2.45) is 22.7 Å². The molecule has 0 heterocycles. The monoisotopic (exact) mass is 490 g/mol. The fourth-order valence-corrected chi connectivity index (χ4v) is 7.90. The Bertz CT molecular complexity index is 984. The summed E-state index contributed by atoms with van der Waals surface area (Å²) in [7, 11) is 0. The summed E-state index contributed by atoms with van der Waals surface area (Å²) in [6.07, 6.45) is 4.01. The zero-order valence-corrected chi connectivity index (χ0v) is 21.9. The number of aliphatic hydroxyl groups excluding tert-OH is 1. The van der Waals surface area contributed by atoms with Gasteiger partial charge in [0.05, 0.1) is 11.5 Å². The number of ketones is 1. The van der Waals surface area contributed by atoms with Gasteiger partial charge in [-0.25, -0.2) is 4.79 Å². The molecule has 7 heteroatoms. The first kappa shape index (κ1) is 26.5. The summed E-state index contributed by atoms with van der Waals surface area (Å²) in [6, 6.07) is 0. The third-order valence-electron chi connectivity index (χ3n) is 10.7. The molecule has 4 rings (SSSR count). The van der Waals surface area contributed by atoms with Gasteiger partial charge in [-0.05, 0) is 77.0 Å². The lowest BCUT2D eigenvalue weighted by molar-refractivity contribution is -0.314. The van der Waals surface area contributed by atoms with Gasteiger partial charge in [-0.2, -0.15) is 0 Å². The summed E-state index contributed by atoms with van der Waals surface area (Å²) >= 11 is 0. The minimum atomic E-state index is -1.95. The van der Waals surface area contributed by atoms with Gasteiger partial charge in [-0.15, -0.1) is 0 Å². The molecule has 3 saturated carbocycles. The molecule has 0 aromatic heterocycles. The van der Waals surface area contributed by atoms with E-state index in [1.807, 2.05) is 26.8 Å². The number of rotatable bonds is 4. The normalized spacial score (nSPS) is 47.5. The standard InChI is InChI=1S/C28H42O7/c1-16(2)17(3)13-23(31)35-22-15-21-24(5)9-8-20(30)14-19(24)7-10-27(21,33)28(34)12-11-26(32,18(4)29)25(22,28)6/h7,13,16,20-22,30,32-34H,8-12,14-15H2,1-6H3/b17-13+. The Morgan fingerprint density at radius 2 is 1.77 bits per heavy atom. The van der Waals surface area contributed by atoms with Crippen LogP contribution in [-0.2, 0) is 14.3 Å². The van der Waals surface area contributed by atoms with Gasteiger partial charge < -0.3 is 25.2 Å².